The van der Waals surface area contributed by atoms with Gasteiger partial charge in [-0.2, -0.15) is 0 Å². The van der Waals surface area contributed by atoms with Crippen LogP contribution in [-0.2, 0) is 20.0 Å². The van der Waals surface area contributed by atoms with Crippen LogP contribution in [0.25, 0.3) is 0 Å². The minimum absolute atomic E-state index is 0.131. The largest absolute Gasteiger partial charge is 0.224 e. The zero-order valence-corrected chi connectivity index (χ0v) is 9.41. The third-order valence-electron chi connectivity index (χ3n) is 1.29. The number of rotatable bonds is 6. The molecule has 1 N–H and O–H groups in total. The van der Waals surface area contributed by atoms with Crippen molar-refractivity contribution in [2.75, 3.05) is 12.0 Å². The van der Waals surface area contributed by atoms with E-state index in [-0.39, 0.29) is 5.75 Å². The fourth-order valence-corrected chi connectivity index (χ4v) is 3.58. The molecule has 0 fully saturated rings. The molecule has 7 heteroatoms. The van der Waals surface area contributed by atoms with Crippen LogP contribution in [0.2, 0.25) is 0 Å². The molecule has 0 saturated heterocycles. The van der Waals surface area contributed by atoms with E-state index in [2.05, 4.69) is 0 Å². The molecule has 80 valence electrons. The van der Waals surface area contributed by atoms with Gasteiger partial charge in [0.1, 0.15) is 0 Å². The Morgan fingerprint density at radius 1 is 1.08 bits per heavy atom. The molecule has 0 bridgehead atoms. The minimum Gasteiger partial charge on any atom is -0.212 e. The first-order valence-corrected chi connectivity index (χ1v) is 7.52. The van der Waals surface area contributed by atoms with Crippen LogP contribution < -0.4 is 4.13 Å². The van der Waals surface area contributed by atoms with Crippen molar-refractivity contribution in [1.82, 2.24) is 4.13 Å². The molecule has 0 heterocycles. The van der Waals surface area contributed by atoms with Crippen LogP contribution in [-0.4, -0.2) is 28.8 Å². The Kier molecular flexibility index (Phi) is 4.87. The number of unbranched alkanes of at least 4 members (excludes halogenated alkanes) is 2. The molecule has 13 heavy (non-hydrogen) atoms. The van der Waals surface area contributed by atoms with Gasteiger partial charge in [0.2, 0.25) is 20.0 Å². The maximum absolute atomic E-state index is 11.0. The van der Waals surface area contributed by atoms with Crippen molar-refractivity contribution in [3.63, 3.8) is 0 Å². The van der Waals surface area contributed by atoms with Gasteiger partial charge in [-0.05, 0) is 6.42 Å². The molecule has 0 atom stereocenters. The molecule has 0 aliphatic heterocycles. The molecule has 0 saturated carbocycles. The summed E-state index contributed by atoms with van der Waals surface area (Å²) in [4.78, 5) is 0. The Balaban J connectivity index is 4.12. The monoisotopic (exact) mass is 229 g/mol. The SMILES string of the molecule is CCCCCS(=O)(=O)NS(C)(=O)=O. The standard InChI is InChI=1S/C6H15NO4S2/c1-3-4-5-6-13(10,11)7-12(2,8)9/h7H,3-6H2,1-2H3. The second kappa shape index (κ2) is 4.92. The summed E-state index contributed by atoms with van der Waals surface area (Å²) in [5, 5.41) is 0. The summed E-state index contributed by atoms with van der Waals surface area (Å²) < 4.78 is 44.8. The van der Waals surface area contributed by atoms with Gasteiger partial charge in [0.25, 0.3) is 0 Å². The van der Waals surface area contributed by atoms with Crippen LogP contribution in [0.1, 0.15) is 26.2 Å². The summed E-state index contributed by atoms with van der Waals surface area (Å²) in [5.41, 5.74) is 0. The predicted molar refractivity (Wildman–Crippen MR) is 51.3 cm³/mol. The number of sulfonamides is 2. The van der Waals surface area contributed by atoms with E-state index < -0.39 is 20.0 Å². The van der Waals surface area contributed by atoms with Gasteiger partial charge in [0, 0.05) is 0 Å². The molecule has 0 spiro atoms. The summed E-state index contributed by atoms with van der Waals surface area (Å²) >= 11 is 0. The fraction of sp³-hybridized carbons (Fsp3) is 1.00. The number of hydrogen-bond donors (Lipinski definition) is 1. The Morgan fingerprint density at radius 2 is 1.62 bits per heavy atom. The van der Waals surface area contributed by atoms with Crippen LogP contribution in [0.5, 0.6) is 0 Å². The first kappa shape index (κ1) is 12.9. The molecule has 0 aliphatic carbocycles. The van der Waals surface area contributed by atoms with E-state index >= 15 is 0 Å². The normalized spacial score (nSPS) is 13.1. The lowest BCUT2D eigenvalue weighted by molar-refractivity contribution is 0.577. The lowest BCUT2D eigenvalue weighted by atomic mass is 10.3. The van der Waals surface area contributed by atoms with Crippen LogP contribution in [0.3, 0.4) is 0 Å². The molecule has 0 aromatic rings. The highest BCUT2D eigenvalue weighted by Gasteiger charge is 2.15. The van der Waals surface area contributed by atoms with E-state index in [4.69, 9.17) is 0 Å². The van der Waals surface area contributed by atoms with Gasteiger partial charge in [-0.1, -0.05) is 19.8 Å². The Morgan fingerprint density at radius 3 is 2.00 bits per heavy atom. The van der Waals surface area contributed by atoms with Crippen LogP contribution in [0.15, 0.2) is 0 Å². The topological polar surface area (TPSA) is 80.3 Å². The highest BCUT2D eigenvalue weighted by Crippen LogP contribution is 1.98. The summed E-state index contributed by atoms with van der Waals surface area (Å²) in [5.74, 6) is -0.131. The Labute approximate surface area is 79.6 Å². The highest BCUT2D eigenvalue weighted by atomic mass is 32.3. The zero-order chi connectivity index (χ0) is 10.5. The van der Waals surface area contributed by atoms with E-state index in [1.165, 1.54) is 0 Å². The third-order valence-corrected chi connectivity index (χ3v) is 4.35. The maximum atomic E-state index is 11.0. The van der Waals surface area contributed by atoms with Crippen molar-refractivity contribution < 1.29 is 16.8 Å². The summed E-state index contributed by atoms with van der Waals surface area (Å²) in [6.45, 7) is 1.94. The summed E-state index contributed by atoms with van der Waals surface area (Å²) in [7, 11) is -7.31. The van der Waals surface area contributed by atoms with Crippen LogP contribution >= 0.6 is 0 Å². The van der Waals surface area contributed by atoms with Crippen molar-refractivity contribution in [1.29, 1.82) is 0 Å². The number of nitrogens with one attached hydrogen (secondary N) is 1. The van der Waals surface area contributed by atoms with Crippen molar-refractivity contribution in [3.8, 4) is 0 Å². The Bertz CT molecular complexity index is 330. The molecular weight excluding hydrogens is 214 g/mol. The van der Waals surface area contributed by atoms with Crippen LogP contribution in [0.4, 0.5) is 0 Å². The van der Waals surface area contributed by atoms with Crippen molar-refractivity contribution >= 4 is 20.0 Å². The van der Waals surface area contributed by atoms with E-state index in [9.17, 15) is 16.8 Å². The quantitative estimate of drug-likeness (QED) is 0.653. The summed E-state index contributed by atoms with van der Waals surface area (Å²) in [6.07, 6.45) is 2.99. The molecule has 0 unspecified atom stereocenters. The molecular formula is C6H15NO4S2. The van der Waals surface area contributed by atoms with Crippen LogP contribution in [0, 0.1) is 0 Å². The average Bonchev–Trinajstić information content (AvgIpc) is 1.81. The van der Waals surface area contributed by atoms with E-state index in [0.29, 0.717) is 6.42 Å². The Hall–Kier alpha value is -0.140. The van der Waals surface area contributed by atoms with E-state index in [0.717, 1.165) is 19.1 Å². The van der Waals surface area contributed by atoms with Gasteiger partial charge in [0.05, 0.1) is 12.0 Å². The molecule has 0 aromatic carbocycles. The fourth-order valence-electron chi connectivity index (χ4n) is 0.814. The van der Waals surface area contributed by atoms with Gasteiger partial charge in [-0.15, -0.1) is 4.13 Å². The second-order valence-corrected chi connectivity index (χ2v) is 6.73. The summed E-state index contributed by atoms with van der Waals surface area (Å²) in [6, 6.07) is 0. The molecule has 0 rings (SSSR count). The van der Waals surface area contributed by atoms with Gasteiger partial charge in [-0.25, -0.2) is 16.8 Å². The lowest BCUT2D eigenvalue weighted by Gasteiger charge is -2.03. The van der Waals surface area contributed by atoms with E-state index in [1.807, 2.05) is 6.92 Å². The molecule has 0 aromatic heterocycles. The smallest absolute Gasteiger partial charge is 0.212 e. The second-order valence-electron chi connectivity index (χ2n) is 2.88. The first-order valence-electron chi connectivity index (χ1n) is 3.98. The third kappa shape index (κ3) is 8.20. The van der Waals surface area contributed by atoms with Gasteiger partial charge in [-0.3, -0.25) is 0 Å². The minimum atomic E-state index is -3.66. The van der Waals surface area contributed by atoms with Gasteiger partial charge >= 0.3 is 0 Å². The first-order chi connectivity index (χ1) is 5.77. The maximum Gasteiger partial charge on any atom is 0.224 e. The van der Waals surface area contributed by atoms with Gasteiger partial charge in [0.15, 0.2) is 0 Å². The molecule has 0 radical (unpaired) electrons. The zero-order valence-electron chi connectivity index (χ0n) is 7.78. The van der Waals surface area contributed by atoms with Gasteiger partial charge < -0.3 is 0 Å². The number of hydrogen-bond acceptors (Lipinski definition) is 4. The lowest BCUT2D eigenvalue weighted by Crippen LogP contribution is -2.31. The molecule has 0 amide bonds. The van der Waals surface area contributed by atoms with Crippen molar-refractivity contribution in [3.05, 3.63) is 0 Å². The molecule has 5 nitrogen and oxygen atoms in total. The predicted octanol–water partition coefficient (Wildman–Crippen LogP) is 0.0556. The molecule has 0 aliphatic rings. The van der Waals surface area contributed by atoms with E-state index in [1.54, 1.807) is 4.13 Å². The van der Waals surface area contributed by atoms with Crippen molar-refractivity contribution in [2.24, 2.45) is 0 Å². The highest BCUT2D eigenvalue weighted by molar-refractivity contribution is 8.04. The van der Waals surface area contributed by atoms with Crippen molar-refractivity contribution in [2.45, 2.75) is 26.2 Å². The average molecular weight is 229 g/mol.